The predicted octanol–water partition coefficient (Wildman–Crippen LogP) is 2.96. The highest BCUT2D eigenvalue weighted by molar-refractivity contribution is 5.58. The molecule has 1 fully saturated rings. The molecule has 1 aliphatic carbocycles. The molecule has 1 aromatic heterocycles. The number of ether oxygens (including phenoxy) is 2. The molecule has 3 aliphatic rings. The van der Waals surface area contributed by atoms with E-state index in [1.54, 1.807) is 7.11 Å². The molecule has 32 heavy (non-hydrogen) atoms. The lowest BCUT2D eigenvalue weighted by molar-refractivity contribution is -0.0101. The Labute approximate surface area is 191 Å². The summed E-state index contributed by atoms with van der Waals surface area (Å²) in [4.78, 5) is 9.78. The van der Waals surface area contributed by atoms with Crippen LogP contribution in [0, 0.1) is 0 Å². The highest BCUT2D eigenvalue weighted by atomic mass is 16.5. The van der Waals surface area contributed by atoms with Crippen molar-refractivity contribution in [1.29, 1.82) is 0 Å². The number of nitrogens with one attached hydrogen (secondary N) is 1. The number of morpholine rings is 1. The topological polar surface area (TPSA) is 49.9 Å². The van der Waals surface area contributed by atoms with Crippen LogP contribution in [0.15, 0.2) is 36.5 Å². The molecular weight excluding hydrogens is 400 g/mol. The van der Waals surface area contributed by atoms with Crippen LogP contribution in [0.2, 0.25) is 0 Å². The van der Waals surface area contributed by atoms with Gasteiger partial charge >= 0.3 is 0 Å². The number of rotatable bonds is 6. The van der Waals surface area contributed by atoms with Crippen LogP contribution in [-0.4, -0.2) is 69.0 Å². The minimum absolute atomic E-state index is 0.145. The van der Waals surface area contributed by atoms with Crippen molar-refractivity contribution in [2.24, 2.45) is 0 Å². The van der Waals surface area contributed by atoms with E-state index in [4.69, 9.17) is 14.5 Å². The van der Waals surface area contributed by atoms with Crippen LogP contribution >= 0.6 is 0 Å². The van der Waals surface area contributed by atoms with E-state index in [9.17, 15) is 0 Å². The smallest absolute Gasteiger partial charge is 0.0983 e. The zero-order valence-corrected chi connectivity index (χ0v) is 19.4. The fourth-order valence-electron chi connectivity index (χ4n) is 5.73. The maximum Gasteiger partial charge on any atom is 0.0983 e. The summed E-state index contributed by atoms with van der Waals surface area (Å²) in [6.07, 6.45) is 6.76. The molecule has 0 spiro atoms. The van der Waals surface area contributed by atoms with E-state index in [2.05, 4.69) is 52.5 Å². The third-order valence-electron chi connectivity index (χ3n) is 7.32. The summed E-state index contributed by atoms with van der Waals surface area (Å²) in [5.41, 5.74) is 7.03. The third-order valence-corrected chi connectivity index (χ3v) is 7.32. The fourth-order valence-corrected chi connectivity index (χ4v) is 5.73. The Bertz CT molecular complexity index is 918. The molecule has 3 atom stereocenters. The molecule has 2 aliphatic heterocycles. The van der Waals surface area contributed by atoms with E-state index in [1.165, 1.54) is 40.9 Å². The summed E-state index contributed by atoms with van der Waals surface area (Å²) in [5.74, 6) is 0. The van der Waals surface area contributed by atoms with Gasteiger partial charge in [0.1, 0.15) is 0 Å². The lowest BCUT2D eigenvalue weighted by Crippen LogP contribution is -2.47. The van der Waals surface area contributed by atoms with Crippen molar-refractivity contribution in [1.82, 2.24) is 15.2 Å². The van der Waals surface area contributed by atoms with Gasteiger partial charge in [-0.2, -0.15) is 0 Å². The highest BCUT2D eigenvalue weighted by Gasteiger charge is 2.30. The van der Waals surface area contributed by atoms with Gasteiger partial charge in [0.15, 0.2) is 0 Å². The number of aryl methyl sites for hydroxylation is 1. The number of methoxy groups -OCH3 is 1. The second kappa shape index (κ2) is 9.87. The van der Waals surface area contributed by atoms with Crippen molar-refractivity contribution < 1.29 is 9.47 Å². The molecule has 0 bridgehead atoms. The molecule has 0 saturated carbocycles. The molecule has 0 amide bonds. The Hall–Kier alpha value is -1.99. The summed E-state index contributed by atoms with van der Waals surface area (Å²) in [7, 11) is 4.02. The molecule has 3 heterocycles. The monoisotopic (exact) mass is 436 g/mol. The van der Waals surface area contributed by atoms with Gasteiger partial charge in [-0.1, -0.05) is 18.2 Å². The predicted molar refractivity (Wildman–Crippen MR) is 127 cm³/mol. The second-order valence-corrected chi connectivity index (χ2v) is 9.49. The van der Waals surface area contributed by atoms with Gasteiger partial charge in [0.25, 0.3) is 0 Å². The SMILES string of the molecule is COCC1CN(c2cccc3c2C[C@H](CN(C)[C@H]2CCCc4cccnc42)NC3)CCO1. The molecule has 2 aromatic rings. The van der Waals surface area contributed by atoms with Gasteiger partial charge in [-0.3, -0.25) is 9.88 Å². The third kappa shape index (κ3) is 4.55. The van der Waals surface area contributed by atoms with Gasteiger partial charge in [0, 0.05) is 51.2 Å². The van der Waals surface area contributed by atoms with Crippen molar-refractivity contribution >= 4 is 5.69 Å². The van der Waals surface area contributed by atoms with Gasteiger partial charge in [0.05, 0.1) is 31.1 Å². The van der Waals surface area contributed by atoms with E-state index < -0.39 is 0 Å². The number of nitrogens with zero attached hydrogens (tertiary/aromatic N) is 3. The molecule has 1 aromatic carbocycles. The summed E-state index contributed by atoms with van der Waals surface area (Å²) in [5, 5.41) is 3.80. The molecule has 1 N–H and O–H groups in total. The summed E-state index contributed by atoms with van der Waals surface area (Å²) in [6, 6.07) is 12.0. The van der Waals surface area contributed by atoms with Gasteiger partial charge in [-0.05, 0) is 61.6 Å². The highest BCUT2D eigenvalue weighted by Crippen LogP contribution is 2.33. The number of fused-ring (bicyclic) bond motifs is 2. The minimum Gasteiger partial charge on any atom is -0.382 e. The normalized spacial score (nSPS) is 25.5. The van der Waals surface area contributed by atoms with Crippen LogP contribution in [-0.2, 0) is 28.9 Å². The number of anilines is 1. The van der Waals surface area contributed by atoms with Crippen molar-refractivity contribution in [2.45, 2.75) is 50.4 Å². The van der Waals surface area contributed by atoms with Crippen molar-refractivity contribution in [3.05, 3.63) is 58.9 Å². The van der Waals surface area contributed by atoms with E-state index in [-0.39, 0.29) is 6.10 Å². The fraction of sp³-hybridized carbons (Fsp3) is 0.577. The van der Waals surface area contributed by atoms with Gasteiger partial charge in [0.2, 0.25) is 0 Å². The maximum absolute atomic E-state index is 5.89. The maximum atomic E-state index is 5.89. The Morgan fingerprint density at radius 1 is 1.25 bits per heavy atom. The molecule has 1 saturated heterocycles. The Kier molecular flexibility index (Phi) is 6.74. The number of likely N-dealkylation sites (N-methyl/N-ethyl adjacent to an activating group) is 1. The van der Waals surface area contributed by atoms with Crippen LogP contribution in [0.5, 0.6) is 0 Å². The molecule has 6 nitrogen and oxygen atoms in total. The lowest BCUT2D eigenvalue weighted by Gasteiger charge is -2.39. The number of hydrogen-bond acceptors (Lipinski definition) is 6. The molecule has 172 valence electrons. The first-order valence-electron chi connectivity index (χ1n) is 12.1. The van der Waals surface area contributed by atoms with Crippen molar-refractivity contribution in [3.63, 3.8) is 0 Å². The number of hydrogen-bond donors (Lipinski definition) is 1. The Morgan fingerprint density at radius 3 is 3.06 bits per heavy atom. The first-order valence-corrected chi connectivity index (χ1v) is 12.1. The number of benzene rings is 1. The first kappa shape index (κ1) is 21.8. The molecular formula is C26H36N4O2. The first-order chi connectivity index (χ1) is 15.7. The number of pyridine rings is 1. The molecule has 0 radical (unpaired) electrons. The van der Waals surface area contributed by atoms with Gasteiger partial charge in [-0.15, -0.1) is 0 Å². The Morgan fingerprint density at radius 2 is 2.16 bits per heavy atom. The van der Waals surface area contributed by atoms with Crippen LogP contribution in [0.4, 0.5) is 5.69 Å². The molecule has 6 heteroatoms. The Balaban J connectivity index is 1.30. The molecule has 1 unspecified atom stereocenters. The largest absolute Gasteiger partial charge is 0.382 e. The summed E-state index contributed by atoms with van der Waals surface area (Å²) in [6.45, 7) is 5.22. The van der Waals surface area contributed by atoms with Gasteiger partial charge < -0.3 is 19.7 Å². The number of aromatic nitrogens is 1. The van der Waals surface area contributed by atoms with E-state index in [0.29, 0.717) is 18.7 Å². The zero-order valence-electron chi connectivity index (χ0n) is 19.4. The minimum atomic E-state index is 0.145. The van der Waals surface area contributed by atoms with E-state index >= 15 is 0 Å². The second-order valence-electron chi connectivity index (χ2n) is 9.49. The standard InChI is InChI=1S/C26H36N4O2/c1-29(25-10-3-6-19-8-5-11-27-26(19)25)16-21-14-23-20(15-28-21)7-4-9-24(23)30-12-13-32-22(17-30)18-31-2/h4-5,7-9,11,21-22,25,28H,3,6,10,12-18H2,1-2H3/t21-,22?,25+/m1/s1. The van der Waals surface area contributed by atoms with Crippen LogP contribution < -0.4 is 10.2 Å². The van der Waals surface area contributed by atoms with Crippen LogP contribution in [0.25, 0.3) is 0 Å². The van der Waals surface area contributed by atoms with Crippen molar-refractivity contribution in [2.75, 3.05) is 51.9 Å². The molecule has 5 rings (SSSR count). The summed E-state index contributed by atoms with van der Waals surface area (Å²) < 4.78 is 11.2. The summed E-state index contributed by atoms with van der Waals surface area (Å²) >= 11 is 0. The van der Waals surface area contributed by atoms with Gasteiger partial charge in [-0.25, -0.2) is 0 Å². The lowest BCUT2D eigenvalue weighted by atomic mass is 9.89. The van der Waals surface area contributed by atoms with Crippen molar-refractivity contribution in [3.8, 4) is 0 Å². The van der Waals surface area contributed by atoms with E-state index in [0.717, 1.165) is 45.6 Å². The van der Waals surface area contributed by atoms with E-state index in [1.807, 2.05) is 6.20 Å². The average molecular weight is 437 g/mol. The van der Waals surface area contributed by atoms with Crippen LogP contribution in [0.1, 0.15) is 41.3 Å². The zero-order chi connectivity index (χ0) is 21.9. The quantitative estimate of drug-likeness (QED) is 0.752. The van der Waals surface area contributed by atoms with Crippen LogP contribution in [0.3, 0.4) is 0 Å². The average Bonchev–Trinajstić information content (AvgIpc) is 2.83.